The average Bonchev–Trinajstić information content (AvgIpc) is 2.57. The summed E-state index contributed by atoms with van der Waals surface area (Å²) in [6.07, 6.45) is 0.849. The van der Waals surface area contributed by atoms with Crippen molar-refractivity contribution in [1.82, 2.24) is 0 Å². The van der Waals surface area contributed by atoms with E-state index in [0.29, 0.717) is 0 Å². The summed E-state index contributed by atoms with van der Waals surface area (Å²) in [6.45, 7) is 0. The Kier molecular flexibility index (Phi) is 4.50. The van der Waals surface area contributed by atoms with Crippen LogP contribution in [-0.4, -0.2) is 0 Å². The monoisotopic (exact) mass is 291 g/mol. The van der Waals surface area contributed by atoms with Gasteiger partial charge in [0.2, 0.25) is 0 Å². The highest BCUT2D eigenvalue weighted by Gasteiger charge is 2.12. The molecule has 0 radical (unpaired) electrons. The van der Waals surface area contributed by atoms with Crippen molar-refractivity contribution in [2.24, 2.45) is 0 Å². The van der Waals surface area contributed by atoms with Gasteiger partial charge in [-0.15, -0.1) is 0 Å². The summed E-state index contributed by atoms with van der Waals surface area (Å²) in [6, 6.07) is 27.2. The van der Waals surface area contributed by atoms with Gasteiger partial charge in [-0.05, 0) is 41.8 Å². The average molecular weight is 291 g/mol. The quantitative estimate of drug-likeness (QED) is 0.679. The van der Waals surface area contributed by atoms with E-state index in [1.165, 1.54) is 17.7 Å². The SMILES string of the molecule is Fc1ccc(C(Cc2ccccc2)Nc2ccccc2)cc1. The number of rotatable bonds is 5. The molecule has 3 rings (SSSR count). The smallest absolute Gasteiger partial charge is 0.123 e. The Hall–Kier alpha value is -2.61. The summed E-state index contributed by atoms with van der Waals surface area (Å²) in [5.74, 6) is -0.207. The van der Waals surface area contributed by atoms with Crippen molar-refractivity contribution in [3.05, 3.63) is 102 Å². The van der Waals surface area contributed by atoms with Gasteiger partial charge in [0.15, 0.2) is 0 Å². The van der Waals surface area contributed by atoms with Crippen LogP contribution in [0.3, 0.4) is 0 Å². The van der Waals surface area contributed by atoms with Crippen LogP contribution in [-0.2, 0) is 6.42 Å². The topological polar surface area (TPSA) is 12.0 Å². The molecule has 0 saturated heterocycles. The molecule has 1 unspecified atom stereocenters. The molecular weight excluding hydrogens is 273 g/mol. The molecule has 0 heterocycles. The van der Waals surface area contributed by atoms with Crippen molar-refractivity contribution in [3.8, 4) is 0 Å². The Morgan fingerprint density at radius 1 is 0.727 bits per heavy atom. The van der Waals surface area contributed by atoms with Gasteiger partial charge in [0.1, 0.15) is 5.82 Å². The first-order chi connectivity index (χ1) is 10.8. The number of halogens is 1. The van der Waals surface area contributed by atoms with Crippen LogP contribution >= 0.6 is 0 Å². The maximum absolute atomic E-state index is 13.2. The second-order valence-corrected chi connectivity index (χ2v) is 5.30. The predicted octanol–water partition coefficient (Wildman–Crippen LogP) is 5.22. The molecule has 0 amide bonds. The van der Waals surface area contributed by atoms with E-state index < -0.39 is 0 Å². The number of hydrogen-bond acceptors (Lipinski definition) is 1. The van der Waals surface area contributed by atoms with Gasteiger partial charge in [-0.2, -0.15) is 0 Å². The van der Waals surface area contributed by atoms with E-state index >= 15 is 0 Å². The van der Waals surface area contributed by atoms with Gasteiger partial charge in [0, 0.05) is 5.69 Å². The van der Waals surface area contributed by atoms with Crippen molar-refractivity contribution in [1.29, 1.82) is 0 Å². The second-order valence-electron chi connectivity index (χ2n) is 5.30. The van der Waals surface area contributed by atoms with Crippen LogP contribution in [0.5, 0.6) is 0 Å². The van der Waals surface area contributed by atoms with Gasteiger partial charge < -0.3 is 5.32 Å². The van der Waals surface area contributed by atoms with E-state index in [-0.39, 0.29) is 11.9 Å². The molecule has 110 valence electrons. The minimum Gasteiger partial charge on any atom is -0.378 e. The number of benzene rings is 3. The van der Waals surface area contributed by atoms with Crippen LogP contribution in [0.1, 0.15) is 17.2 Å². The molecule has 0 aromatic heterocycles. The standard InChI is InChI=1S/C20H18FN/c21-18-13-11-17(12-14-18)20(15-16-7-3-1-4-8-16)22-19-9-5-2-6-10-19/h1-14,20,22H,15H2. The first-order valence-corrected chi connectivity index (χ1v) is 7.42. The van der Waals surface area contributed by atoms with Crippen molar-refractivity contribution in [3.63, 3.8) is 0 Å². The molecule has 22 heavy (non-hydrogen) atoms. The van der Waals surface area contributed by atoms with Gasteiger partial charge >= 0.3 is 0 Å². The maximum Gasteiger partial charge on any atom is 0.123 e. The van der Waals surface area contributed by atoms with Crippen LogP contribution in [0.25, 0.3) is 0 Å². The van der Waals surface area contributed by atoms with Crippen molar-refractivity contribution >= 4 is 5.69 Å². The lowest BCUT2D eigenvalue weighted by Crippen LogP contribution is -2.13. The lowest BCUT2D eigenvalue weighted by Gasteiger charge is -2.21. The van der Waals surface area contributed by atoms with Crippen LogP contribution in [0, 0.1) is 5.82 Å². The van der Waals surface area contributed by atoms with Crippen molar-refractivity contribution in [2.75, 3.05) is 5.32 Å². The summed E-state index contributed by atoms with van der Waals surface area (Å²) in [5.41, 5.74) is 3.39. The lowest BCUT2D eigenvalue weighted by atomic mass is 9.98. The predicted molar refractivity (Wildman–Crippen MR) is 89.4 cm³/mol. The zero-order valence-electron chi connectivity index (χ0n) is 12.2. The minimum atomic E-state index is -0.207. The molecule has 0 fully saturated rings. The third kappa shape index (κ3) is 3.73. The van der Waals surface area contributed by atoms with Crippen LogP contribution in [0.15, 0.2) is 84.9 Å². The third-order valence-corrected chi connectivity index (χ3v) is 3.67. The van der Waals surface area contributed by atoms with Crippen molar-refractivity contribution < 1.29 is 4.39 Å². The maximum atomic E-state index is 13.2. The van der Waals surface area contributed by atoms with Gasteiger partial charge in [0.25, 0.3) is 0 Å². The molecule has 3 aromatic rings. The summed E-state index contributed by atoms with van der Waals surface area (Å²) < 4.78 is 13.2. The Morgan fingerprint density at radius 3 is 1.95 bits per heavy atom. The Balaban J connectivity index is 1.86. The number of anilines is 1. The molecule has 3 aromatic carbocycles. The fourth-order valence-electron chi connectivity index (χ4n) is 2.53. The molecule has 1 atom stereocenters. The van der Waals surface area contributed by atoms with E-state index in [1.54, 1.807) is 0 Å². The van der Waals surface area contributed by atoms with Gasteiger partial charge in [0.05, 0.1) is 6.04 Å². The highest BCUT2D eigenvalue weighted by atomic mass is 19.1. The van der Waals surface area contributed by atoms with E-state index in [0.717, 1.165) is 17.7 Å². The number of nitrogens with one attached hydrogen (secondary N) is 1. The van der Waals surface area contributed by atoms with E-state index in [4.69, 9.17) is 0 Å². The molecule has 1 nitrogen and oxygen atoms in total. The molecule has 0 spiro atoms. The molecule has 0 saturated carbocycles. The largest absolute Gasteiger partial charge is 0.378 e. The zero-order valence-corrected chi connectivity index (χ0v) is 12.2. The first kappa shape index (κ1) is 14.3. The summed E-state index contributed by atoms with van der Waals surface area (Å²) >= 11 is 0. The summed E-state index contributed by atoms with van der Waals surface area (Å²) in [5, 5.41) is 3.54. The molecule has 0 aliphatic rings. The third-order valence-electron chi connectivity index (χ3n) is 3.67. The van der Waals surface area contributed by atoms with E-state index in [2.05, 4.69) is 17.4 Å². The van der Waals surface area contributed by atoms with Crippen LogP contribution in [0.2, 0.25) is 0 Å². The van der Waals surface area contributed by atoms with Gasteiger partial charge in [-0.1, -0.05) is 60.7 Å². The number of hydrogen-bond donors (Lipinski definition) is 1. The minimum absolute atomic E-state index is 0.102. The first-order valence-electron chi connectivity index (χ1n) is 7.42. The normalized spacial score (nSPS) is 11.9. The molecule has 1 N–H and O–H groups in total. The van der Waals surface area contributed by atoms with E-state index in [1.807, 2.05) is 60.7 Å². The molecule has 0 aliphatic carbocycles. The highest BCUT2D eigenvalue weighted by Crippen LogP contribution is 2.23. The van der Waals surface area contributed by atoms with E-state index in [9.17, 15) is 4.39 Å². The molecular formula is C20H18FN. The fraction of sp³-hybridized carbons (Fsp3) is 0.100. The Bertz CT molecular complexity index is 651. The molecule has 0 bridgehead atoms. The molecule has 0 aliphatic heterocycles. The lowest BCUT2D eigenvalue weighted by molar-refractivity contribution is 0.625. The summed E-state index contributed by atoms with van der Waals surface area (Å²) in [7, 11) is 0. The second kappa shape index (κ2) is 6.90. The zero-order chi connectivity index (χ0) is 15.2. The Labute approximate surface area is 130 Å². The van der Waals surface area contributed by atoms with Crippen LogP contribution < -0.4 is 5.32 Å². The molecule has 2 heteroatoms. The van der Waals surface area contributed by atoms with Crippen LogP contribution in [0.4, 0.5) is 10.1 Å². The Morgan fingerprint density at radius 2 is 1.32 bits per heavy atom. The fourth-order valence-corrected chi connectivity index (χ4v) is 2.53. The highest BCUT2D eigenvalue weighted by molar-refractivity contribution is 5.45. The van der Waals surface area contributed by atoms with Gasteiger partial charge in [-0.3, -0.25) is 0 Å². The summed E-state index contributed by atoms with van der Waals surface area (Å²) in [4.78, 5) is 0. The number of para-hydroxylation sites is 1. The van der Waals surface area contributed by atoms with Crippen molar-refractivity contribution in [2.45, 2.75) is 12.5 Å². The van der Waals surface area contributed by atoms with Gasteiger partial charge in [-0.25, -0.2) is 4.39 Å².